The molecule has 0 aliphatic rings. The van der Waals surface area contributed by atoms with Crippen LogP contribution in [0.25, 0.3) is 11.1 Å². The molecule has 2 N–H and O–H groups in total. The van der Waals surface area contributed by atoms with Gasteiger partial charge in [0.25, 0.3) is 5.91 Å². The Bertz CT molecular complexity index is 1190. The third-order valence-electron chi connectivity index (χ3n) is 5.01. The Morgan fingerprint density at radius 3 is 2.14 bits per heavy atom. The highest BCUT2D eigenvalue weighted by Crippen LogP contribution is 2.26. The van der Waals surface area contributed by atoms with Crippen molar-refractivity contribution in [1.82, 2.24) is 10.6 Å². The lowest BCUT2D eigenvalue weighted by molar-refractivity contribution is -0.123. The Morgan fingerprint density at radius 1 is 0.784 bits per heavy atom. The van der Waals surface area contributed by atoms with Crippen molar-refractivity contribution in [2.24, 2.45) is 0 Å². The van der Waals surface area contributed by atoms with Crippen molar-refractivity contribution in [3.8, 4) is 16.9 Å². The van der Waals surface area contributed by atoms with E-state index in [4.69, 9.17) is 14.2 Å². The van der Waals surface area contributed by atoms with E-state index in [0.29, 0.717) is 11.3 Å². The zero-order valence-electron chi connectivity index (χ0n) is 21.3. The first-order chi connectivity index (χ1) is 17.7. The molecule has 0 unspecified atom stereocenters. The van der Waals surface area contributed by atoms with Gasteiger partial charge in [0, 0.05) is 13.1 Å². The first-order valence-corrected chi connectivity index (χ1v) is 12.0. The number of nitrogens with one attached hydrogen (secondary N) is 2. The van der Waals surface area contributed by atoms with Crippen LogP contribution in [0.3, 0.4) is 0 Å². The van der Waals surface area contributed by atoms with Crippen LogP contribution in [-0.2, 0) is 20.9 Å². The fourth-order valence-corrected chi connectivity index (χ4v) is 3.33. The van der Waals surface area contributed by atoms with Crippen molar-refractivity contribution in [3.63, 3.8) is 0 Å². The third kappa shape index (κ3) is 9.33. The number of hydrogen-bond acceptors (Lipinski definition) is 6. The fourth-order valence-electron chi connectivity index (χ4n) is 3.33. The SMILES string of the molecule is CC(C)(C)OC(=O)NCCNC(=O)COc1ccc(-c2ccccc2C(=O)OCc2ccccc2)cc1. The maximum atomic E-state index is 12.7. The van der Waals surface area contributed by atoms with Gasteiger partial charge in [0.2, 0.25) is 0 Å². The largest absolute Gasteiger partial charge is 0.484 e. The van der Waals surface area contributed by atoms with Gasteiger partial charge in [-0.15, -0.1) is 0 Å². The van der Waals surface area contributed by atoms with Gasteiger partial charge in [-0.2, -0.15) is 0 Å². The maximum Gasteiger partial charge on any atom is 0.407 e. The van der Waals surface area contributed by atoms with Crippen molar-refractivity contribution < 1.29 is 28.6 Å². The smallest absolute Gasteiger partial charge is 0.407 e. The Kier molecular flexibility index (Phi) is 9.66. The highest BCUT2D eigenvalue weighted by molar-refractivity contribution is 5.97. The Morgan fingerprint density at radius 2 is 1.43 bits per heavy atom. The second-order valence-electron chi connectivity index (χ2n) is 9.20. The van der Waals surface area contributed by atoms with Crippen LogP contribution in [0.15, 0.2) is 78.9 Å². The van der Waals surface area contributed by atoms with Crippen LogP contribution in [0.5, 0.6) is 5.75 Å². The van der Waals surface area contributed by atoms with E-state index in [2.05, 4.69) is 10.6 Å². The first kappa shape index (κ1) is 27.3. The normalized spacial score (nSPS) is 10.8. The van der Waals surface area contributed by atoms with E-state index >= 15 is 0 Å². The molecule has 0 aromatic heterocycles. The number of carbonyl (C=O) groups is 3. The van der Waals surface area contributed by atoms with Crippen LogP contribution in [0.4, 0.5) is 4.79 Å². The van der Waals surface area contributed by atoms with E-state index in [1.54, 1.807) is 45.0 Å². The van der Waals surface area contributed by atoms with Gasteiger partial charge in [0.1, 0.15) is 18.0 Å². The molecule has 8 heteroatoms. The Labute approximate surface area is 216 Å². The molecule has 0 radical (unpaired) electrons. The molecular formula is C29H32N2O6. The Balaban J connectivity index is 1.48. The average molecular weight is 505 g/mol. The summed E-state index contributed by atoms with van der Waals surface area (Å²) in [5.74, 6) is -0.214. The van der Waals surface area contributed by atoms with Gasteiger partial charge in [0.15, 0.2) is 6.61 Å². The zero-order valence-corrected chi connectivity index (χ0v) is 21.3. The summed E-state index contributed by atoms with van der Waals surface area (Å²) in [6.07, 6.45) is -0.538. The molecule has 2 amide bonds. The van der Waals surface area contributed by atoms with E-state index < -0.39 is 17.7 Å². The summed E-state index contributed by atoms with van der Waals surface area (Å²) >= 11 is 0. The van der Waals surface area contributed by atoms with Crippen molar-refractivity contribution in [1.29, 1.82) is 0 Å². The molecule has 0 heterocycles. The average Bonchev–Trinajstić information content (AvgIpc) is 2.88. The molecule has 0 aliphatic heterocycles. The van der Waals surface area contributed by atoms with Crippen LogP contribution in [0, 0.1) is 0 Å². The van der Waals surface area contributed by atoms with Gasteiger partial charge in [-0.1, -0.05) is 60.7 Å². The standard InChI is InChI=1S/C29H32N2O6/c1-29(2,3)37-28(34)31-18-17-30-26(32)20-35-23-15-13-22(14-16-23)24-11-7-8-12-25(24)27(33)36-19-21-9-5-4-6-10-21/h4-16H,17-20H2,1-3H3,(H,30,32)(H,31,34). The summed E-state index contributed by atoms with van der Waals surface area (Å²) < 4.78 is 16.2. The van der Waals surface area contributed by atoms with Gasteiger partial charge in [-0.3, -0.25) is 4.79 Å². The van der Waals surface area contributed by atoms with Crippen LogP contribution in [-0.4, -0.2) is 43.3 Å². The van der Waals surface area contributed by atoms with Gasteiger partial charge in [-0.25, -0.2) is 9.59 Å². The minimum atomic E-state index is -0.579. The molecule has 0 aliphatic carbocycles. The maximum absolute atomic E-state index is 12.7. The van der Waals surface area contributed by atoms with E-state index in [-0.39, 0.29) is 32.2 Å². The van der Waals surface area contributed by atoms with Gasteiger partial charge in [0.05, 0.1) is 5.56 Å². The molecule has 3 rings (SSSR count). The quantitative estimate of drug-likeness (QED) is 0.306. The second kappa shape index (κ2) is 13.1. The van der Waals surface area contributed by atoms with E-state index in [9.17, 15) is 14.4 Å². The molecule has 3 aromatic carbocycles. The number of hydrogen-bond donors (Lipinski definition) is 2. The van der Waals surface area contributed by atoms with Gasteiger partial charge in [-0.05, 0) is 55.7 Å². The molecule has 37 heavy (non-hydrogen) atoms. The van der Waals surface area contributed by atoms with E-state index in [1.807, 2.05) is 54.6 Å². The first-order valence-electron chi connectivity index (χ1n) is 12.0. The highest BCUT2D eigenvalue weighted by Gasteiger charge is 2.16. The number of rotatable bonds is 10. The number of carbonyl (C=O) groups excluding carboxylic acids is 3. The zero-order chi connectivity index (χ0) is 26.7. The monoisotopic (exact) mass is 504 g/mol. The van der Waals surface area contributed by atoms with E-state index in [1.165, 1.54) is 0 Å². The number of ether oxygens (including phenoxy) is 3. The van der Waals surface area contributed by atoms with Gasteiger partial charge < -0.3 is 24.8 Å². The topological polar surface area (TPSA) is 103 Å². The molecule has 0 saturated carbocycles. The molecular weight excluding hydrogens is 472 g/mol. The van der Waals surface area contributed by atoms with Crippen LogP contribution < -0.4 is 15.4 Å². The van der Waals surface area contributed by atoms with Crippen molar-refractivity contribution in [3.05, 3.63) is 90.0 Å². The lowest BCUT2D eigenvalue weighted by Crippen LogP contribution is -2.39. The summed E-state index contributed by atoms with van der Waals surface area (Å²) in [4.78, 5) is 36.4. The van der Waals surface area contributed by atoms with Crippen molar-refractivity contribution in [2.75, 3.05) is 19.7 Å². The molecule has 0 spiro atoms. The predicted octanol–water partition coefficient (Wildman–Crippen LogP) is 4.73. The number of esters is 1. The summed E-state index contributed by atoms with van der Waals surface area (Å²) in [6, 6.07) is 23.9. The number of benzene rings is 3. The molecule has 3 aromatic rings. The van der Waals surface area contributed by atoms with Crippen LogP contribution in [0.2, 0.25) is 0 Å². The predicted molar refractivity (Wildman–Crippen MR) is 140 cm³/mol. The summed E-state index contributed by atoms with van der Waals surface area (Å²) in [6.45, 7) is 5.84. The summed E-state index contributed by atoms with van der Waals surface area (Å²) in [7, 11) is 0. The summed E-state index contributed by atoms with van der Waals surface area (Å²) in [5, 5.41) is 5.24. The van der Waals surface area contributed by atoms with Crippen LogP contribution in [0.1, 0.15) is 36.7 Å². The lowest BCUT2D eigenvalue weighted by atomic mass is 10.00. The highest BCUT2D eigenvalue weighted by atomic mass is 16.6. The van der Waals surface area contributed by atoms with E-state index in [0.717, 1.165) is 16.7 Å². The summed E-state index contributed by atoms with van der Waals surface area (Å²) in [5.41, 5.74) is 2.36. The minimum absolute atomic E-state index is 0.172. The molecule has 8 nitrogen and oxygen atoms in total. The molecule has 0 fully saturated rings. The Hall–Kier alpha value is -4.33. The van der Waals surface area contributed by atoms with Crippen molar-refractivity contribution in [2.45, 2.75) is 33.0 Å². The third-order valence-corrected chi connectivity index (χ3v) is 5.01. The minimum Gasteiger partial charge on any atom is -0.484 e. The molecule has 0 atom stereocenters. The molecule has 0 bridgehead atoms. The second-order valence-corrected chi connectivity index (χ2v) is 9.20. The van der Waals surface area contributed by atoms with Crippen molar-refractivity contribution >= 4 is 18.0 Å². The molecule has 194 valence electrons. The lowest BCUT2D eigenvalue weighted by Gasteiger charge is -2.19. The number of alkyl carbamates (subject to hydrolysis) is 1. The van der Waals surface area contributed by atoms with Crippen LogP contribution >= 0.6 is 0 Å². The fraction of sp³-hybridized carbons (Fsp3) is 0.276. The number of amides is 2. The molecule has 0 saturated heterocycles. The van der Waals surface area contributed by atoms with Gasteiger partial charge >= 0.3 is 12.1 Å².